The van der Waals surface area contributed by atoms with Crippen molar-refractivity contribution in [1.82, 2.24) is 5.32 Å². The highest BCUT2D eigenvalue weighted by atomic mass is 16.2. The van der Waals surface area contributed by atoms with Crippen LogP contribution in [0.1, 0.15) is 51.9 Å². The summed E-state index contributed by atoms with van der Waals surface area (Å²) in [7, 11) is 0. The van der Waals surface area contributed by atoms with Crippen LogP contribution < -0.4 is 11.1 Å². The zero-order valence-corrected chi connectivity index (χ0v) is 9.55. The molecule has 0 spiro atoms. The van der Waals surface area contributed by atoms with Gasteiger partial charge in [-0.15, -0.1) is 0 Å². The molecule has 0 aromatic heterocycles. The summed E-state index contributed by atoms with van der Waals surface area (Å²) in [6, 6.07) is 0. The number of carbonyl (C=O) groups excluding carboxylic acids is 2. The summed E-state index contributed by atoms with van der Waals surface area (Å²) in [5.74, 6) is -0.356. The molecule has 0 unspecified atom stereocenters. The summed E-state index contributed by atoms with van der Waals surface area (Å²) in [5.41, 5.74) is 4.94. The lowest BCUT2D eigenvalue weighted by Crippen LogP contribution is -2.27. The quantitative estimate of drug-likeness (QED) is 0.568. The third-order valence-corrected chi connectivity index (χ3v) is 2.20. The lowest BCUT2D eigenvalue weighted by molar-refractivity contribution is -0.121. The van der Waals surface area contributed by atoms with Crippen LogP contribution in [0, 0.1) is 0 Å². The Hall–Kier alpha value is -1.06. The second-order valence-corrected chi connectivity index (χ2v) is 3.73. The lowest BCUT2D eigenvalue weighted by Gasteiger charge is -2.03. The Kier molecular flexibility index (Phi) is 8.82. The molecule has 0 heterocycles. The van der Waals surface area contributed by atoms with Gasteiger partial charge in [-0.05, 0) is 6.42 Å². The van der Waals surface area contributed by atoms with E-state index < -0.39 is 0 Å². The molecular formula is C11H22N2O2. The van der Waals surface area contributed by atoms with Crippen molar-refractivity contribution in [3.8, 4) is 0 Å². The normalized spacial score (nSPS) is 9.93. The summed E-state index contributed by atoms with van der Waals surface area (Å²) in [4.78, 5) is 21.6. The third-order valence-electron chi connectivity index (χ3n) is 2.20. The Morgan fingerprint density at radius 1 is 1.07 bits per heavy atom. The topological polar surface area (TPSA) is 72.2 Å². The summed E-state index contributed by atoms with van der Waals surface area (Å²) in [6.45, 7) is 2.53. The van der Waals surface area contributed by atoms with Crippen molar-refractivity contribution in [2.75, 3.05) is 6.54 Å². The minimum atomic E-state index is -0.377. The van der Waals surface area contributed by atoms with Gasteiger partial charge in [0.1, 0.15) is 0 Å². The smallest absolute Gasteiger partial charge is 0.220 e. The highest BCUT2D eigenvalue weighted by molar-refractivity contribution is 5.77. The predicted molar refractivity (Wildman–Crippen MR) is 60.2 cm³/mol. The molecule has 0 saturated heterocycles. The molecule has 0 aliphatic carbocycles. The van der Waals surface area contributed by atoms with E-state index in [9.17, 15) is 9.59 Å². The Morgan fingerprint density at radius 3 is 2.33 bits per heavy atom. The second kappa shape index (κ2) is 9.49. The van der Waals surface area contributed by atoms with Crippen LogP contribution in [-0.4, -0.2) is 18.4 Å². The largest absolute Gasteiger partial charge is 0.370 e. The molecule has 0 aromatic rings. The SMILES string of the molecule is CCCCCCCC(=O)NCCC(N)=O. The van der Waals surface area contributed by atoms with E-state index in [1.807, 2.05) is 0 Å². The van der Waals surface area contributed by atoms with Crippen LogP contribution in [0.25, 0.3) is 0 Å². The van der Waals surface area contributed by atoms with Gasteiger partial charge in [0.25, 0.3) is 0 Å². The number of hydrogen-bond acceptors (Lipinski definition) is 2. The molecule has 0 aliphatic heterocycles. The van der Waals surface area contributed by atoms with Crippen molar-refractivity contribution in [2.24, 2.45) is 5.73 Å². The Bertz CT molecular complexity index is 193. The maximum absolute atomic E-state index is 11.2. The first-order valence-electron chi connectivity index (χ1n) is 5.71. The Morgan fingerprint density at radius 2 is 1.73 bits per heavy atom. The van der Waals surface area contributed by atoms with E-state index in [1.54, 1.807) is 0 Å². The molecule has 88 valence electrons. The number of unbranched alkanes of at least 4 members (excludes halogenated alkanes) is 4. The van der Waals surface area contributed by atoms with E-state index in [0.717, 1.165) is 12.8 Å². The van der Waals surface area contributed by atoms with Crippen LogP contribution >= 0.6 is 0 Å². The van der Waals surface area contributed by atoms with E-state index in [-0.39, 0.29) is 18.2 Å². The van der Waals surface area contributed by atoms with Gasteiger partial charge in [-0.25, -0.2) is 0 Å². The van der Waals surface area contributed by atoms with Crippen LogP contribution in [0.4, 0.5) is 0 Å². The summed E-state index contributed by atoms with van der Waals surface area (Å²) in [5, 5.41) is 2.67. The maximum atomic E-state index is 11.2. The van der Waals surface area contributed by atoms with E-state index in [4.69, 9.17) is 5.73 Å². The highest BCUT2D eigenvalue weighted by Gasteiger charge is 2.01. The third kappa shape index (κ3) is 10.9. The Labute approximate surface area is 91.6 Å². The van der Waals surface area contributed by atoms with Crippen LogP contribution in [0.15, 0.2) is 0 Å². The summed E-state index contributed by atoms with van der Waals surface area (Å²) in [6.07, 6.45) is 6.47. The molecule has 0 aliphatic rings. The molecule has 0 rings (SSSR count). The number of amides is 2. The number of nitrogens with one attached hydrogen (secondary N) is 1. The molecule has 0 fully saturated rings. The van der Waals surface area contributed by atoms with Gasteiger partial charge in [-0.3, -0.25) is 9.59 Å². The summed E-state index contributed by atoms with van der Waals surface area (Å²) >= 11 is 0. The molecule has 15 heavy (non-hydrogen) atoms. The van der Waals surface area contributed by atoms with E-state index in [2.05, 4.69) is 12.2 Å². The van der Waals surface area contributed by atoms with Crippen molar-refractivity contribution >= 4 is 11.8 Å². The van der Waals surface area contributed by atoms with Gasteiger partial charge in [-0.2, -0.15) is 0 Å². The first-order valence-corrected chi connectivity index (χ1v) is 5.71. The first-order chi connectivity index (χ1) is 7.16. The second-order valence-electron chi connectivity index (χ2n) is 3.73. The van der Waals surface area contributed by atoms with E-state index >= 15 is 0 Å². The molecule has 0 atom stereocenters. The van der Waals surface area contributed by atoms with E-state index in [1.165, 1.54) is 19.3 Å². The number of primary amides is 1. The van der Waals surface area contributed by atoms with Crippen molar-refractivity contribution in [2.45, 2.75) is 51.9 Å². The van der Waals surface area contributed by atoms with Gasteiger partial charge in [-0.1, -0.05) is 32.6 Å². The van der Waals surface area contributed by atoms with Crippen molar-refractivity contribution in [3.63, 3.8) is 0 Å². The van der Waals surface area contributed by atoms with Crippen molar-refractivity contribution in [1.29, 1.82) is 0 Å². The molecule has 4 nitrogen and oxygen atoms in total. The van der Waals surface area contributed by atoms with Gasteiger partial charge in [0.15, 0.2) is 0 Å². The average Bonchev–Trinajstić information content (AvgIpc) is 2.17. The standard InChI is InChI=1S/C11H22N2O2/c1-2-3-4-5-6-7-11(15)13-9-8-10(12)14/h2-9H2,1H3,(H2,12,14)(H,13,15). The minimum Gasteiger partial charge on any atom is -0.370 e. The van der Waals surface area contributed by atoms with Gasteiger partial charge < -0.3 is 11.1 Å². The lowest BCUT2D eigenvalue weighted by atomic mass is 10.1. The van der Waals surface area contributed by atoms with Crippen LogP contribution in [0.5, 0.6) is 0 Å². The average molecular weight is 214 g/mol. The maximum Gasteiger partial charge on any atom is 0.220 e. The monoisotopic (exact) mass is 214 g/mol. The van der Waals surface area contributed by atoms with Crippen LogP contribution in [-0.2, 0) is 9.59 Å². The molecule has 0 bridgehead atoms. The van der Waals surface area contributed by atoms with Gasteiger partial charge in [0.2, 0.25) is 11.8 Å². The number of hydrogen-bond donors (Lipinski definition) is 2. The van der Waals surface area contributed by atoms with Crippen LogP contribution in [0.2, 0.25) is 0 Å². The van der Waals surface area contributed by atoms with E-state index in [0.29, 0.717) is 13.0 Å². The first kappa shape index (κ1) is 13.9. The van der Waals surface area contributed by atoms with Crippen molar-refractivity contribution < 1.29 is 9.59 Å². The minimum absolute atomic E-state index is 0.0211. The van der Waals surface area contributed by atoms with Crippen LogP contribution in [0.3, 0.4) is 0 Å². The highest BCUT2D eigenvalue weighted by Crippen LogP contribution is 2.04. The number of carbonyl (C=O) groups is 2. The molecule has 3 N–H and O–H groups in total. The fourth-order valence-electron chi connectivity index (χ4n) is 1.30. The Balaban J connectivity index is 3.22. The molecule has 4 heteroatoms. The molecular weight excluding hydrogens is 192 g/mol. The van der Waals surface area contributed by atoms with Crippen molar-refractivity contribution in [3.05, 3.63) is 0 Å². The number of nitrogens with two attached hydrogens (primary N) is 1. The van der Waals surface area contributed by atoms with Gasteiger partial charge in [0, 0.05) is 19.4 Å². The fraction of sp³-hybridized carbons (Fsp3) is 0.818. The zero-order chi connectivity index (χ0) is 11.5. The molecule has 0 aromatic carbocycles. The van der Waals surface area contributed by atoms with Gasteiger partial charge in [0.05, 0.1) is 0 Å². The number of rotatable bonds is 9. The zero-order valence-electron chi connectivity index (χ0n) is 9.55. The molecule has 0 saturated carbocycles. The summed E-state index contributed by atoms with van der Waals surface area (Å²) < 4.78 is 0. The van der Waals surface area contributed by atoms with Gasteiger partial charge >= 0.3 is 0 Å². The predicted octanol–water partition coefficient (Wildman–Crippen LogP) is 1.34. The molecule has 0 radical (unpaired) electrons. The fourth-order valence-corrected chi connectivity index (χ4v) is 1.30. The molecule has 2 amide bonds.